The van der Waals surface area contributed by atoms with E-state index in [0.29, 0.717) is 0 Å². The van der Waals surface area contributed by atoms with Crippen molar-refractivity contribution >= 4 is 11.8 Å². The molecule has 3 rings (SSSR count). The quantitative estimate of drug-likeness (QED) is 0.884. The van der Waals surface area contributed by atoms with Crippen molar-refractivity contribution in [1.29, 1.82) is 0 Å². The number of nitrogens with one attached hydrogen (secondary N) is 2. The van der Waals surface area contributed by atoms with E-state index in [9.17, 15) is 9.59 Å². The molecule has 2 amide bonds. The van der Waals surface area contributed by atoms with Crippen molar-refractivity contribution < 1.29 is 9.59 Å². The first-order chi connectivity index (χ1) is 11.1. The van der Waals surface area contributed by atoms with Crippen LogP contribution >= 0.6 is 0 Å². The molecule has 1 atom stereocenters. The molecule has 1 unspecified atom stereocenters. The molecule has 2 aliphatic rings. The largest absolute Gasteiger partial charge is 0.349 e. The maximum atomic E-state index is 12.4. The standard InChI is InChI=1S/C18H25N3O2/c1-13-4-2-3-5-16(13)17(22)20-15-7-10-21(11-8-15)18(23)14-6-9-19-12-14/h2-5,14-15,19H,6-12H2,1H3,(H,20,22). The molecule has 2 saturated heterocycles. The summed E-state index contributed by atoms with van der Waals surface area (Å²) in [5.74, 6) is 0.416. The third kappa shape index (κ3) is 3.72. The summed E-state index contributed by atoms with van der Waals surface area (Å²) in [6.07, 6.45) is 2.62. The fourth-order valence-corrected chi connectivity index (χ4v) is 3.46. The highest BCUT2D eigenvalue weighted by Gasteiger charge is 2.30. The number of amides is 2. The molecule has 2 heterocycles. The van der Waals surface area contributed by atoms with E-state index in [1.165, 1.54) is 0 Å². The highest BCUT2D eigenvalue weighted by Crippen LogP contribution is 2.17. The van der Waals surface area contributed by atoms with Crippen LogP contribution in [0.25, 0.3) is 0 Å². The zero-order valence-electron chi connectivity index (χ0n) is 13.7. The number of nitrogens with zero attached hydrogens (tertiary/aromatic N) is 1. The Kier molecular flexibility index (Phi) is 4.96. The highest BCUT2D eigenvalue weighted by atomic mass is 16.2. The topological polar surface area (TPSA) is 61.4 Å². The summed E-state index contributed by atoms with van der Waals surface area (Å²) in [4.78, 5) is 26.7. The minimum absolute atomic E-state index is 0.00660. The number of piperidine rings is 1. The maximum absolute atomic E-state index is 12.4. The van der Waals surface area contributed by atoms with Crippen molar-refractivity contribution in [3.8, 4) is 0 Å². The summed E-state index contributed by atoms with van der Waals surface area (Å²) in [6.45, 7) is 5.19. The minimum atomic E-state index is -0.00660. The SMILES string of the molecule is Cc1ccccc1C(=O)NC1CCN(C(=O)C2CCNC2)CC1. The molecule has 0 spiro atoms. The lowest BCUT2D eigenvalue weighted by Crippen LogP contribution is -2.48. The van der Waals surface area contributed by atoms with Crippen LogP contribution in [0.4, 0.5) is 0 Å². The molecule has 2 N–H and O–H groups in total. The molecular weight excluding hydrogens is 290 g/mol. The Hall–Kier alpha value is -1.88. The second kappa shape index (κ2) is 7.13. The number of aryl methyl sites for hydroxylation is 1. The highest BCUT2D eigenvalue weighted by molar-refractivity contribution is 5.95. The molecule has 0 aliphatic carbocycles. The van der Waals surface area contributed by atoms with E-state index in [0.717, 1.165) is 56.6 Å². The van der Waals surface area contributed by atoms with Crippen LogP contribution in [0, 0.1) is 12.8 Å². The first-order valence-corrected chi connectivity index (χ1v) is 8.51. The van der Waals surface area contributed by atoms with E-state index in [-0.39, 0.29) is 23.8 Å². The van der Waals surface area contributed by atoms with Gasteiger partial charge in [0.15, 0.2) is 0 Å². The molecule has 0 saturated carbocycles. The molecular formula is C18H25N3O2. The third-order valence-electron chi connectivity index (χ3n) is 4.94. The summed E-state index contributed by atoms with van der Waals surface area (Å²) < 4.78 is 0. The van der Waals surface area contributed by atoms with Crippen LogP contribution in [0.2, 0.25) is 0 Å². The fourth-order valence-electron chi connectivity index (χ4n) is 3.46. The van der Waals surface area contributed by atoms with Crippen LogP contribution in [-0.2, 0) is 4.79 Å². The molecule has 0 aromatic heterocycles. The first kappa shape index (κ1) is 16.0. The van der Waals surface area contributed by atoms with E-state index in [1.807, 2.05) is 36.1 Å². The number of carbonyl (C=O) groups is 2. The van der Waals surface area contributed by atoms with Crippen LogP contribution in [0.3, 0.4) is 0 Å². The Morgan fingerprint density at radius 3 is 2.57 bits per heavy atom. The lowest BCUT2D eigenvalue weighted by molar-refractivity contribution is -0.136. The number of hydrogen-bond acceptors (Lipinski definition) is 3. The van der Waals surface area contributed by atoms with Crippen molar-refractivity contribution in [2.75, 3.05) is 26.2 Å². The van der Waals surface area contributed by atoms with Gasteiger partial charge in [-0.15, -0.1) is 0 Å². The predicted octanol–water partition coefficient (Wildman–Crippen LogP) is 1.33. The minimum Gasteiger partial charge on any atom is -0.349 e. The van der Waals surface area contributed by atoms with E-state index >= 15 is 0 Å². The molecule has 5 heteroatoms. The molecule has 0 radical (unpaired) electrons. The van der Waals surface area contributed by atoms with E-state index < -0.39 is 0 Å². The van der Waals surface area contributed by atoms with Gasteiger partial charge in [0.25, 0.3) is 5.91 Å². The fraction of sp³-hybridized carbons (Fsp3) is 0.556. The number of benzene rings is 1. The molecule has 1 aromatic carbocycles. The van der Waals surface area contributed by atoms with Crippen molar-refractivity contribution in [3.05, 3.63) is 35.4 Å². The molecule has 1 aromatic rings. The Morgan fingerprint density at radius 1 is 1.17 bits per heavy atom. The summed E-state index contributed by atoms with van der Waals surface area (Å²) in [5, 5.41) is 6.36. The Labute approximate surface area is 137 Å². The van der Waals surface area contributed by atoms with Crippen LogP contribution in [-0.4, -0.2) is 48.9 Å². The van der Waals surface area contributed by atoms with Crippen LogP contribution < -0.4 is 10.6 Å². The summed E-state index contributed by atoms with van der Waals surface area (Å²) in [6, 6.07) is 7.79. The Balaban J connectivity index is 1.50. The number of carbonyl (C=O) groups excluding carboxylic acids is 2. The average Bonchev–Trinajstić information content (AvgIpc) is 3.09. The van der Waals surface area contributed by atoms with Gasteiger partial charge in [0.05, 0.1) is 5.92 Å². The summed E-state index contributed by atoms with van der Waals surface area (Å²) >= 11 is 0. The predicted molar refractivity (Wildman–Crippen MR) is 89.2 cm³/mol. The number of hydrogen-bond donors (Lipinski definition) is 2. The van der Waals surface area contributed by atoms with Gasteiger partial charge in [-0.05, 0) is 44.4 Å². The normalized spacial score (nSPS) is 22.1. The van der Waals surface area contributed by atoms with Gasteiger partial charge in [0.2, 0.25) is 5.91 Å². The van der Waals surface area contributed by atoms with Gasteiger partial charge in [-0.25, -0.2) is 0 Å². The lowest BCUT2D eigenvalue weighted by atomic mass is 10.0. The first-order valence-electron chi connectivity index (χ1n) is 8.51. The number of likely N-dealkylation sites (tertiary alicyclic amines) is 1. The summed E-state index contributed by atoms with van der Waals surface area (Å²) in [5.41, 5.74) is 1.73. The van der Waals surface area contributed by atoms with Crippen molar-refractivity contribution in [2.24, 2.45) is 5.92 Å². The van der Waals surface area contributed by atoms with Gasteiger partial charge in [0.1, 0.15) is 0 Å². The monoisotopic (exact) mass is 315 g/mol. The Morgan fingerprint density at radius 2 is 1.91 bits per heavy atom. The molecule has 124 valence electrons. The van der Waals surface area contributed by atoms with Crippen molar-refractivity contribution in [1.82, 2.24) is 15.5 Å². The van der Waals surface area contributed by atoms with Crippen LogP contribution in [0.15, 0.2) is 24.3 Å². The zero-order chi connectivity index (χ0) is 16.2. The second-order valence-corrected chi connectivity index (χ2v) is 6.58. The van der Waals surface area contributed by atoms with Gasteiger partial charge in [0, 0.05) is 31.2 Å². The maximum Gasteiger partial charge on any atom is 0.251 e. The third-order valence-corrected chi connectivity index (χ3v) is 4.94. The van der Waals surface area contributed by atoms with Gasteiger partial charge >= 0.3 is 0 Å². The van der Waals surface area contributed by atoms with Gasteiger partial charge in [-0.2, -0.15) is 0 Å². The Bertz CT molecular complexity index is 573. The summed E-state index contributed by atoms with van der Waals surface area (Å²) in [7, 11) is 0. The lowest BCUT2D eigenvalue weighted by Gasteiger charge is -2.33. The van der Waals surface area contributed by atoms with Crippen LogP contribution in [0.1, 0.15) is 35.2 Å². The van der Waals surface area contributed by atoms with E-state index in [4.69, 9.17) is 0 Å². The zero-order valence-corrected chi connectivity index (χ0v) is 13.7. The van der Waals surface area contributed by atoms with Gasteiger partial charge < -0.3 is 15.5 Å². The molecule has 0 bridgehead atoms. The smallest absolute Gasteiger partial charge is 0.251 e. The van der Waals surface area contributed by atoms with Crippen molar-refractivity contribution in [3.63, 3.8) is 0 Å². The van der Waals surface area contributed by atoms with E-state index in [2.05, 4.69) is 10.6 Å². The van der Waals surface area contributed by atoms with Crippen LogP contribution in [0.5, 0.6) is 0 Å². The number of rotatable bonds is 3. The van der Waals surface area contributed by atoms with E-state index in [1.54, 1.807) is 0 Å². The molecule has 23 heavy (non-hydrogen) atoms. The second-order valence-electron chi connectivity index (χ2n) is 6.58. The average molecular weight is 315 g/mol. The molecule has 5 nitrogen and oxygen atoms in total. The van der Waals surface area contributed by atoms with Crippen molar-refractivity contribution in [2.45, 2.75) is 32.2 Å². The van der Waals surface area contributed by atoms with Gasteiger partial charge in [-0.3, -0.25) is 9.59 Å². The van der Waals surface area contributed by atoms with Gasteiger partial charge in [-0.1, -0.05) is 18.2 Å². The molecule has 2 fully saturated rings. The molecule has 2 aliphatic heterocycles.